The van der Waals surface area contributed by atoms with Crippen LogP contribution < -0.4 is 5.32 Å². The van der Waals surface area contributed by atoms with Gasteiger partial charge in [0.15, 0.2) is 0 Å². The Hall–Kier alpha value is -2.47. The minimum Gasteiger partial charge on any atom is -0.372 e. The first-order chi connectivity index (χ1) is 12.7. The molecule has 0 spiro atoms. The third kappa shape index (κ3) is 3.70. The molecule has 0 aliphatic heterocycles. The Morgan fingerprint density at radius 2 is 1.85 bits per heavy atom. The molecule has 0 fully saturated rings. The lowest BCUT2D eigenvalue weighted by Gasteiger charge is -2.21. The number of hydrogen-bond donors (Lipinski definition) is 1. The second-order valence-corrected chi connectivity index (χ2v) is 6.62. The lowest BCUT2D eigenvalue weighted by atomic mass is 10.1. The largest absolute Gasteiger partial charge is 0.372 e. The maximum atomic E-state index is 4.60. The van der Waals surface area contributed by atoms with E-state index in [2.05, 4.69) is 56.9 Å². The van der Waals surface area contributed by atoms with Gasteiger partial charge in [-0.3, -0.25) is 4.90 Å². The third-order valence-corrected chi connectivity index (χ3v) is 4.69. The maximum absolute atomic E-state index is 4.60. The monoisotopic (exact) mass is 352 g/mol. The minimum absolute atomic E-state index is 0.766. The van der Waals surface area contributed by atoms with E-state index in [9.17, 15) is 0 Å². The molecule has 3 aromatic heterocycles. The standard InChI is InChI=1S/C20H28N6/c1-5-11-26(12-6-2)14-15-13-17-16(9-10-22-20(17)25(15)4)18-7-8-19(21-3)24-23-18/h7-10,13H,5-6,11-12,14H2,1-4H3,(H,21,24). The van der Waals surface area contributed by atoms with Crippen LogP contribution in [0.1, 0.15) is 32.4 Å². The van der Waals surface area contributed by atoms with Gasteiger partial charge in [-0.25, -0.2) is 4.98 Å². The van der Waals surface area contributed by atoms with Crippen LogP contribution in [0, 0.1) is 0 Å². The van der Waals surface area contributed by atoms with Crippen LogP contribution in [-0.4, -0.2) is 44.8 Å². The zero-order chi connectivity index (χ0) is 18.5. The van der Waals surface area contributed by atoms with Crippen LogP contribution in [0.25, 0.3) is 22.3 Å². The molecule has 26 heavy (non-hydrogen) atoms. The van der Waals surface area contributed by atoms with Crippen LogP contribution in [0.3, 0.4) is 0 Å². The Morgan fingerprint density at radius 3 is 2.46 bits per heavy atom. The van der Waals surface area contributed by atoms with Gasteiger partial charge in [0.1, 0.15) is 11.5 Å². The molecule has 0 unspecified atom stereocenters. The fourth-order valence-electron chi connectivity index (χ4n) is 3.39. The molecule has 0 amide bonds. The molecule has 0 saturated heterocycles. The van der Waals surface area contributed by atoms with E-state index in [1.165, 1.54) is 18.5 Å². The van der Waals surface area contributed by atoms with Crippen molar-refractivity contribution in [2.45, 2.75) is 33.2 Å². The molecule has 0 saturated carbocycles. The molecule has 3 aromatic rings. The summed E-state index contributed by atoms with van der Waals surface area (Å²) in [4.78, 5) is 7.11. The Balaban J connectivity index is 1.99. The fourth-order valence-corrected chi connectivity index (χ4v) is 3.39. The highest BCUT2D eigenvalue weighted by Crippen LogP contribution is 2.28. The van der Waals surface area contributed by atoms with E-state index >= 15 is 0 Å². The molecular formula is C20H28N6. The summed E-state index contributed by atoms with van der Waals surface area (Å²) >= 11 is 0. The Kier molecular flexibility index (Phi) is 5.83. The SMILES string of the molecule is CCCN(CCC)Cc1cc2c(-c3ccc(NC)nn3)ccnc2n1C. The lowest BCUT2D eigenvalue weighted by molar-refractivity contribution is 0.261. The van der Waals surface area contributed by atoms with Crippen molar-refractivity contribution in [3.8, 4) is 11.3 Å². The van der Waals surface area contributed by atoms with Crippen LogP contribution in [0.15, 0.2) is 30.5 Å². The number of rotatable bonds is 8. The van der Waals surface area contributed by atoms with E-state index in [0.29, 0.717) is 0 Å². The van der Waals surface area contributed by atoms with Gasteiger partial charge < -0.3 is 9.88 Å². The summed E-state index contributed by atoms with van der Waals surface area (Å²) < 4.78 is 2.20. The van der Waals surface area contributed by atoms with Crippen LogP contribution in [0.5, 0.6) is 0 Å². The molecule has 3 rings (SSSR count). The molecule has 138 valence electrons. The smallest absolute Gasteiger partial charge is 0.148 e. The molecule has 3 heterocycles. The molecule has 1 N–H and O–H groups in total. The first kappa shape index (κ1) is 18.3. The zero-order valence-corrected chi connectivity index (χ0v) is 16.2. The summed E-state index contributed by atoms with van der Waals surface area (Å²) in [6.07, 6.45) is 4.19. The highest BCUT2D eigenvalue weighted by molar-refractivity contribution is 5.92. The normalized spacial score (nSPS) is 11.4. The summed E-state index contributed by atoms with van der Waals surface area (Å²) in [7, 11) is 3.94. The van der Waals surface area contributed by atoms with Crippen LogP contribution in [0.4, 0.5) is 5.82 Å². The predicted octanol–water partition coefficient (Wildman–Crippen LogP) is 3.69. The summed E-state index contributed by atoms with van der Waals surface area (Å²) in [6, 6.07) is 8.22. The molecule has 0 aliphatic rings. The summed E-state index contributed by atoms with van der Waals surface area (Å²) in [5.41, 5.74) is 4.21. The number of aryl methyl sites for hydroxylation is 1. The number of hydrogen-bond acceptors (Lipinski definition) is 5. The number of anilines is 1. The van der Waals surface area contributed by atoms with E-state index in [4.69, 9.17) is 0 Å². The third-order valence-electron chi connectivity index (χ3n) is 4.69. The summed E-state index contributed by atoms with van der Waals surface area (Å²) in [6.45, 7) is 7.65. The van der Waals surface area contributed by atoms with Gasteiger partial charge in [0, 0.05) is 43.5 Å². The van der Waals surface area contributed by atoms with E-state index < -0.39 is 0 Å². The Labute approximate surface area is 155 Å². The number of aromatic nitrogens is 4. The molecule has 0 bridgehead atoms. The van der Waals surface area contributed by atoms with Gasteiger partial charge >= 0.3 is 0 Å². The number of fused-ring (bicyclic) bond motifs is 1. The quantitative estimate of drug-likeness (QED) is 0.670. The van der Waals surface area contributed by atoms with Crippen molar-refractivity contribution >= 4 is 16.9 Å². The van der Waals surface area contributed by atoms with Crippen LogP contribution >= 0.6 is 0 Å². The van der Waals surface area contributed by atoms with E-state index in [0.717, 1.165) is 47.7 Å². The van der Waals surface area contributed by atoms with E-state index in [1.54, 1.807) is 0 Å². The van der Waals surface area contributed by atoms with Crippen molar-refractivity contribution in [3.63, 3.8) is 0 Å². The van der Waals surface area contributed by atoms with Crippen molar-refractivity contribution in [1.29, 1.82) is 0 Å². The Bertz CT molecular complexity index is 847. The molecule has 0 aliphatic carbocycles. The van der Waals surface area contributed by atoms with Gasteiger partial charge in [0.2, 0.25) is 0 Å². The van der Waals surface area contributed by atoms with Gasteiger partial charge in [0.25, 0.3) is 0 Å². The summed E-state index contributed by atoms with van der Waals surface area (Å²) in [5.74, 6) is 0.766. The first-order valence-electron chi connectivity index (χ1n) is 9.35. The van der Waals surface area contributed by atoms with E-state index in [-0.39, 0.29) is 0 Å². The number of pyridine rings is 1. The lowest BCUT2D eigenvalue weighted by Crippen LogP contribution is -2.25. The molecule has 0 atom stereocenters. The predicted molar refractivity (Wildman–Crippen MR) is 107 cm³/mol. The molecule has 0 radical (unpaired) electrons. The molecular weight excluding hydrogens is 324 g/mol. The van der Waals surface area contributed by atoms with Crippen molar-refractivity contribution < 1.29 is 0 Å². The topological polar surface area (TPSA) is 58.9 Å². The average molecular weight is 352 g/mol. The van der Waals surface area contributed by atoms with Crippen molar-refractivity contribution in [2.24, 2.45) is 7.05 Å². The van der Waals surface area contributed by atoms with Gasteiger partial charge in [0.05, 0.1) is 5.69 Å². The van der Waals surface area contributed by atoms with Gasteiger partial charge in [-0.1, -0.05) is 13.8 Å². The minimum atomic E-state index is 0.766. The van der Waals surface area contributed by atoms with Crippen LogP contribution in [0.2, 0.25) is 0 Å². The molecule has 6 nitrogen and oxygen atoms in total. The second-order valence-electron chi connectivity index (χ2n) is 6.62. The number of nitrogens with one attached hydrogen (secondary N) is 1. The fraction of sp³-hybridized carbons (Fsp3) is 0.450. The van der Waals surface area contributed by atoms with E-state index in [1.807, 2.05) is 31.4 Å². The van der Waals surface area contributed by atoms with Crippen molar-refractivity contribution in [2.75, 3.05) is 25.5 Å². The van der Waals surface area contributed by atoms with Crippen molar-refractivity contribution in [3.05, 3.63) is 36.2 Å². The van der Waals surface area contributed by atoms with Crippen molar-refractivity contribution in [1.82, 2.24) is 24.6 Å². The average Bonchev–Trinajstić information content (AvgIpc) is 2.98. The summed E-state index contributed by atoms with van der Waals surface area (Å²) in [5, 5.41) is 12.7. The first-order valence-corrected chi connectivity index (χ1v) is 9.35. The van der Waals surface area contributed by atoms with Crippen LogP contribution in [-0.2, 0) is 13.6 Å². The van der Waals surface area contributed by atoms with Gasteiger partial charge in [-0.05, 0) is 50.2 Å². The Morgan fingerprint density at radius 1 is 1.08 bits per heavy atom. The zero-order valence-electron chi connectivity index (χ0n) is 16.2. The van der Waals surface area contributed by atoms with Gasteiger partial charge in [-0.2, -0.15) is 0 Å². The molecule has 0 aromatic carbocycles. The second kappa shape index (κ2) is 8.27. The molecule has 6 heteroatoms. The highest BCUT2D eigenvalue weighted by atomic mass is 15.2. The highest BCUT2D eigenvalue weighted by Gasteiger charge is 2.15. The maximum Gasteiger partial charge on any atom is 0.148 e. The number of nitrogens with zero attached hydrogens (tertiary/aromatic N) is 5. The van der Waals surface area contributed by atoms with Gasteiger partial charge in [-0.15, -0.1) is 10.2 Å².